The molecular weight excluding hydrogens is 479 g/mol. The van der Waals surface area contributed by atoms with E-state index in [-0.39, 0.29) is 11.7 Å². The van der Waals surface area contributed by atoms with E-state index in [1.54, 1.807) is 0 Å². The van der Waals surface area contributed by atoms with E-state index in [0.717, 1.165) is 43.8 Å². The number of anilines is 1. The predicted octanol–water partition coefficient (Wildman–Crippen LogP) is 2.25. The van der Waals surface area contributed by atoms with E-state index in [2.05, 4.69) is 26.9 Å². The first-order valence-electron chi connectivity index (χ1n) is 11.4. The zero-order valence-electron chi connectivity index (χ0n) is 19.3. The Morgan fingerprint density at radius 2 is 1.94 bits per heavy atom. The monoisotopic (exact) mass is 505 g/mol. The molecule has 0 unspecified atom stereocenters. The first-order chi connectivity index (χ1) is 17.1. The maximum atomic E-state index is 13.1. The number of hydrogen-bond acceptors (Lipinski definition) is 5. The van der Waals surface area contributed by atoms with Crippen LogP contribution in [0.1, 0.15) is 33.5 Å². The fourth-order valence-corrected chi connectivity index (χ4v) is 4.38. The Morgan fingerprint density at radius 1 is 1.14 bits per heavy atom. The summed E-state index contributed by atoms with van der Waals surface area (Å²) in [5, 5.41) is 7.26. The molecule has 2 aromatic carbocycles. The van der Waals surface area contributed by atoms with Crippen LogP contribution in [0.4, 0.5) is 23.7 Å². The Balaban J connectivity index is 1.29. The Labute approximate surface area is 205 Å². The van der Waals surface area contributed by atoms with E-state index >= 15 is 0 Å². The van der Waals surface area contributed by atoms with E-state index in [1.165, 1.54) is 11.1 Å². The number of nitrogens with one attached hydrogen (secondary N) is 3. The summed E-state index contributed by atoms with van der Waals surface area (Å²) in [4.78, 5) is 38.3. The van der Waals surface area contributed by atoms with E-state index in [4.69, 9.17) is 10.5 Å². The number of likely N-dealkylation sites (tertiary alicyclic amines) is 1. The van der Waals surface area contributed by atoms with Crippen LogP contribution in [-0.2, 0) is 23.9 Å². The molecular formula is C24H26F3N5O4. The van der Waals surface area contributed by atoms with Crippen molar-refractivity contribution in [2.24, 2.45) is 5.73 Å². The van der Waals surface area contributed by atoms with Gasteiger partial charge >= 0.3 is 12.2 Å². The van der Waals surface area contributed by atoms with E-state index in [1.807, 2.05) is 12.1 Å². The normalized spacial score (nSPS) is 17.2. The van der Waals surface area contributed by atoms with Crippen LogP contribution in [0, 0.1) is 0 Å². The molecule has 9 nitrogen and oxygen atoms in total. The molecule has 192 valence electrons. The van der Waals surface area contributed by atoms with Crippen molar-refractivity contribution in [2.75, 3.05) is 31.6 Å². The fourth-order valence-electron chi connectivity index (χ4n) is 4.38. The maximum Gasteiger partial charge on any atom is 0.416 e. The number of ether oxygens (including phenoxy) is 1. The lowest BCUT2D eigenvalue weighted by atomic mass is 10.1. The molecule has 1 fully saturated rings. The molecule has 0 radical (unpaired) electrons. The van der Waals surface area contributed by atoms with Gasteiger partial charge < -0.3 is 26.4 Å². The quantitative estimate of drug-likeness (QED) is 0.459. The highest BCUT2D eigenvalue weighted by molar-refractivity contribution is 6.04. The summed E-state index contributed by atoms with van der Waals surface area (Å²) in [5.41, 5.74) is 5.67. The van der Waals surface area contributed by atoms with Gasteiger partial charge in [0.15, 0.2) is 0 Å². The van der Waals surface area contributed by atoms with Crippen molar-refractivity contribution in [1.29, 1.82) is 0 Å². The third-order valence-corrected chi connectivity index (χ3v) is 6.06. The summed E-state index contributed by atoms with van der Waals surface area (Å²) in [5.74, 6) is -0.495. The van der Waals surface area contributed by atoms with Gasteiger partial charge in [0, 0.05) is 32.1 Å². The molecule has 1 atom stereocenters. The molecule has 2 aliphatic heterocycles. The first-order valence-corrected chi connectivity index (χ1v) is 11.4. The van der Waals surface area contributed by atoms with Gasteiger partial charge in [0.2, 0.25) is 5.91 Å². The molecule has 4 amide bonds. The first kappa shape index (κ1) is 25.3. The summed E-state index contributed by atoms with van der Waals surface area (Å²) in [6.45, 7) is 2.42. The number of rotatable bonds is 7. The van der Waals surface area contributed by atoms with Crippen molar-refractivity contribution in [3.8, 4) is 5.75 Å². The standard InChI is InChI=1S/C24H26F3N5O4/c25-24(26,27)16-2-3-19(31-23(28)35)18(10-16)22(34)29-11-21(33)30-17-5-7-32(13-17)12-14-1-4-20-15(9-14)6-8-36-20/h1-4,9-10,17H,5-8,11-13H2,(H,29,34)(H,30,33)(H3,28,31,35)/t17-/m1/s1. The second-order valence-electron chi connectivity index (χ2n) is 8.76. The molecule has 36 heavy (non-hydrogen) atoms. The summed E-state index contributed by atoms with van der Waals surface area (Å²) >= 11 is 0. The zero-order valence-corrected chi connectivity index (χ0v) is 19.3. The SMILES string of the molecule is NC(=O)Nc1ccc(C(F)(F)F)cc1C(=O)NCC(=O)N[C@@H]1CCN(Cc2ccc3c(c2)CCO3)C1. The summed E-state index contributed by atoms with van der Waals surface area (Å²) in [6.07, 6.45) is -3.07. The van der Waals surface area contributed by atoms with Crippen LogP contribution in [0.5, 0.6) is 5.75 Å². The Kier molecular flexibility index (Phi) is 7.34. The number of carbonyl (C=O) groups excluding carboxylic acids is 3. The molecule has 4 rings (SSSR count). The van der Waals surface area contributed by atoms with Gasteiger partial charge in [-0.05, 0) is 41.8 Å². The molecule has 0 saturated carbocycles. The number of hydrogen-bond donors (Lipinski definition) is 4. The molecule has 5 N–H and O–H groups in total. The highest BCUT2D eigenvalue weighted by Gasteiger charge is 2.32. The van der Waals surface area contributed by atoms with Crippen LogP contribution >= 0.6 is 0 Å². The van der Waals surface area contributed by atoms with Crippen molar-refractivity contribution >= 4 is 23.5 Å². The maximum absolute atomic E-state index is 13.1. The van der Waals surface area contributed by atoms with Crippen LogP contribution in [0.2, 0.25) is 0 Å². The van der Waals surface area contributed by atoms with Crippen LogP contribution in [0.25, 0.3) is 0 Å². The average Bonchev–Trinajstić information content (AvgIpc) is 3.45. The number of amides is 4. The third-order valence-electron chi connectivity index (χ3n) is 6.06. The Morgan fingerprint density at radius 3 is 2.69 bits per heavy atom. The van der Waals surface area contributed by atoms with Gasteiger partial charge in [0.05, 0.1) is 30.0 Å². The van der Waals surface area contributed by atoms with Crippen molar-refractivity contribution < 1.29 is 32.3 Å². The van der Waals surface area contributed by atoms with Gasteiger partial charge in [-0.25, -0.2) is 4.79 Å². The van der Waals surface area contributed by atoms with Crippen molar-refractivity contribution in [3.05, 3.63) is 58.7 Å². The van der Waals surface area contributed by atoms with Crippen LogP contribution in [-0.4, -0.2) is 55.0 Å². The number of benzene rings is 2. The lowest BCUT2D eigenvalue weighted by molar-refractivity contribution is -0.137. The fraction of sp³-hybridized carbons (Fsp3) is 0.375. The predicted molar refractivity (Wildman–Crippen MR) is 124 cm³/mol. The minimum atomic E-state index is -4.69. The number of fused-ring (bicyclic) bond motifs is 1. The highest BCUT2D eigenvalue weighted by Crippen LogP contribution is 2.32. The second kappa shape index (κ2) is 10.4. The number of halogens is 3. The number of nitrogens with zero attached hydrogens (tertiary/aromatic N) is 1. The third kappa shape index (κ3) is 6.25. The zero-order chi connectivity index (χ0) is 25.9. The lowest BCUT2D eigenvalue weighted by Gasteiger charge is -2.17. The molecule has 2 heterocycles. The number of carbonyl (C=O) groups is 3. The van der Waals surface area contributed by atoms with Crippen LogP contribution in [0.15, 0.2) is 36.4 Å². The molecule has 12 heteroatoms. The van der Waals surface area contributed by atoms with Crippen molar-refractivity contribution in [2.45, 2.75) is 31.6 Å². The molecule has 0 aromatic heterocycles. The topological polar surface area (TPSA) is 126 Å². The summed E-state index contributed by atoms with van der Waals surface area (Å²) < 4.78 is 44.8. The van der Waals surface area contributed by atoms with Crippen molar-refractivity contribution in [3.63, 3.8) is 0 Å². The molecule has 2 aliphatic rings. The molecule has 0 spiro atoms. The second-order valence-corrected chi connectivity index (χ2v) is 8.76. The smallest absolute Gasteiger partial charge is 0.416 e. The van der Waals surface area contributed by atoms with Gasteiger partial charge in [-0.3, -0.25) is 14.5 Å². The highest BCUT2D eigenvalue weighted by atomic mass is 19.4. The molecule has 2 aromatic rings. The minimum absolute atomic E-state index is 0.118. The van der Waals surface area contributed by atoms with E-state index in [9.17, 15) is 27.6 Å². The van der Waals surface area contributed by atoms with Gasteiger partial charge in [-0.1, -0.05) is 12.1 Å². The molecule has 0 bridgehead atoms. The van der Waals surface area contributed by atoms with E-state index in [0.29, 0.717) is 19.2 Å². The largest absolute Gasteiger partial charge is 0.493 e. The van der Waals surface area contributed by atoms with Crippen LogP contribution in [0.3, 0.4) is 0 Å². The summed E-state index contributed by atoms with van der Waals surface area (Å²) in [7, 11) is 0. The lowest BCUT2D eigenvalue weighted by Crippen LogP contribution is -2.43. The van der Waals surface area contributed by atoms with Gasteiger partial charge in [0.25, 0.3) is 5.91 Å². The van der Waals surface area contributed by atoms with Crippen LogP contribution < -0.4 is 26.4 Å². The Bertz CT molecular complexity index is 1170. The Hall–Kier alpha value is -3.80. The number of alkyl halides is 3. The number of nitrogens with two attached hydrogens (primary N) is 1. The number of urea groups is 1. The average molecular weight is 505 g/mol. The van der Waals surface area contributed by atoms with E-state index < -0.39 is 41.7 Å². The molecule has 1 saturated heterocycles. The summed E-state index contributed by atoms with van der Waals surface area (Å²) in [6, 6.07) is 7.23. The van der Waals surface area contributed by atoms with Crippen molar-refractivity contribution in [1.82, 2.24) is 15.5 Å². The van der Waals surface area contributed by atoms with Gasteiger partial charge in [-0.15, -0.1) is 0 Å². The number of primary amides is 1. The molecule has 0 aliphatic carbocycles. The van der Waals surface area contributed by atoms with Gasteiger partial charge in [-0.2, -0.15) is 13.2 Å². The minimum Gasteiger partial charge on any atom is -0.493 e. The van der Waals surface area contributed by atoms with Gasteiger partial charge in [0.1, 0.15) is 5.75 Å².